The molecule has 1 aliphatic rings. The Morgan fingerprint density at radius 2 is 1.73 bits per heavy atom. The van der Waals surface area contributed by atoms with Crippen molar-refractivity contribution in [1.82, 2.24) is 9.29 Å². The van der Waals surface area contributed by atoms with E-state index >= 15 is 0 Å². The van der Waals surface area contributed by atoms with E-state index in [1.165, 1.54) is 35.0 Å². The molecule has 0 atom stereocenters. The van der Waals surface area contributed by atoms with Crippen molar-refractivity contribution >= 4 is 27.6 Å². The van der Waals surface area contributed by atoms with Crippen molar-refractivity contribution in [3.05, 3.63) is 66.7 Å². The maximum absolute atomic E-state index is 12.6. The van der Waals surface area contributed by atoms with Gasteiger partial charge in [-0.15, -0.1) is 0 Å². The van der Waals surface area contributed by atoms with Crippen molar-refractivity contribution in [2.45, 2.75) is 4.90 Å². The molecule has 0 radical (unpaired) electrons. The van der Waals surface area contributed by atoms with Gasteiger partial charge in [-0.2, -0.15) is 4.31 Å². The quantitative estimate of drug-likeness (QED) is 0.519. The number of aromatic nitrogens is 1. The molecule has 172 valence electrons. The van der Waals surface area contributed by atoms with Crippen LogP contribution < -0.4 is 5.32 Å². The number of benzene rings is 2. The lowest BCUT2D eigenvalue weighted by molar-refractivity contribution is -0.119. The van der Waals surface area contributed by atoms with Gasteiger partial charge in [-0.3, -0.25) is 4.79 Å². The number of nitrogens with zero attached hydrogens (tertiary/aromatic N) is 2. The number of sulfonamides is 1. The second-order valence-electron chi connectivity index (χ2n) is 7.11. The molecular weight excluding hydrogens is 450 g/mol. The summed E-state index contributed by atoms with van der Waals surface area (Å²) in [5, 5.41) is 2.57. The molecular formula is C22H21N3O7S. The van der Waals surface area contributed by atoms with Crippen LogP contribution in [0.4, 0.5) is 5.69 Å². The minimum Gasteiger partial charge on any atom is -0.452 e. The first-order valence-corrected chi connectivity index (χ1v) is 11.5. The number of esters is 1. The number of rotatable bonds is 7. The van der Waals surface area contributed by atoms with E-state index in [1.54, 1.807) is 30.5 Å². The third-order valence-electron chi connectivity index (χ3n) is 4.92. The zero-order valence-corrected chi connectivity index (χ0v) is 18.3. The van der Waals surface area contributed by atoms with E-state index in [0.717, 1.165) is 5.56 Å². The Labute approximate surface area is 190 Å². The topological polar surface area (TPSA) is 128 Å². The van der Waals surface area contributed by atoms with Crippen LogP contribution in [0.3, 0.4) is 0 Å². The second kappa shape index (κ2) is 9.94. The summed E-state index contributed by atoms with van der Waals surface area (Å²) in [6.07, 6.45) is 2.87. The van der Waals surface area contributed by atoms with Crippen LogP contribution >= 0.6 is 0 Å². The molecule has 1 amide bonds. The van der Waals surface area contributed by atoms with E-state index in [-0.39, 0.29) is 10.5 Å². The molecule has 3 aromatic rings. The Kier molecular flexibility index (Phi) is 6.82. The molecule has 1 aromatic heterocycles. The second-order valence-corrected chi connectivity index (χ2v) is 9.05. The van der Waals surface area contributed by atoms with Gasteiger partial charge < -0.3 is 19.2 Å². The number of amides is 1. The summed E-state index contributed by atoms with van der Waals surface area (Å²) in [7, 11) is -3.61. The number of carbonyl (C=O) groups is 2. The minimum absolute atomic E-state index is 0.127. The Bertz CT molecular complexity index is 1200. The van der Waals surface area contributed by atoms with Crippen molar-refractivity contribution in [2.75, 3.05) is 38.2 Å². The van der Waals surface area contributed by atoms with Crippen LogP contribution in [0.15, 0.2) is 70.4 Å². The van der Waals surface area contributed by atoms with Gasteiger partial charge in [0, 0.05) is 24.3 Å². The number of oxazole rings is 1. The van der Waals surface area contributed by atoms with E-state index in [2.05, 4.69) is 10.3 Å². The highest BCUT2D eigenvalue weighted by molar-refractivity contribution is 7.89. The number of hydrogen-bond acceptors (Lipinski definition) is 8. The van der Waals surface area contributed by atoms with E-state index in [1.807, 2.05) is 0 Å². The molecule has 0 spiro atoms. The fourth-order valence-corrected chi connectivity index (χ4v) is 4.59. The summed E-state index contributed by atoms with van der Waals surface area (Å²) in [4.78, 5) is 28.3. The highest BCUT2D eigenvalue weighted by atomic mass is 32.2. The van der Waals surface area contributed by atoms with Gasteiger partial charge in [0.05, 0.1) is 29.9 Å². The highest BCUT2D eigenvalue weighted by Gasteiger charge is 2.26. The largest absolute Gasteiger partial charge is 0.452 e. The monoisotopic (exact) mass is 471 g/mol. The first kappa shape index (κ1) is 22.6. The number of ether oxygens (including phenoxy) is 2. The van der Waals surface area contributed by atoms with Crippen molar-refractivity contribution in [3.63, 3.8) is 0 Å². The lowest BCUT2D eigenvalue weighted by Gasteiger charge is -2.26. The summed E-state index contributed by atoms with van der Waals surface area (Å²) >= 11 is 0. The molecule has 11 heteroatoms. The van der Waals surface area contributed by atoms with E-state index < -0.39 is 28.5 Å². The van der Waals surface area contributed by atoms with Crippen LogP contribution in [-0.2, 0) is 24.3 Å². The lowest BCUT2D eigenvalue weighted by Crippen LogP contribution is -2.40. The van der Waals surface area contributed by atoms with E-state index in [0.29, 0.717) is 37.8 Å². The average molecular weight is 471 g/mol. The Morgan fingerprint density at radius 3 is 2.36 bits per heavy atom. The van der Waals surface area contributed by atoms with Crippen LogP contribution in [0, 0.1) is 0 Å². The van der Waals surface area contributed by atoms with E-state index in [9.17, 15) is 18.0 Å². The molecule has 1 N–H and O–H groups in total. The standard InChI is InChI=1S/C22H21N3O7S/c26-21(14-31-22(27)17-3-1-16(2-4-17)20-13-23-15-32-20)24-18-5-7-19(8-6-18)33(28,29)25-9-11-30-12-10-25/h1-8,13,15H,9-12,14H2,(H,24,26). The number of carbonyl (C=O) groups excluding carboxylic acids is 2. The molecule has 33 heavy (non-hydrogen) atoms. The van der Waals surface area contributed by atoms with Gasteiger partial charge in [0.1, 0.15) is 0 Å². The number of nitrogens with one attached hydrogen (secondary N) is 1. The van der Waals surface area contributed by atoms with Gasteiger partial charge in [0.2, 0.25) is 10.0 Å². The molecule has 0 aliphatic carbocycles. The summed E-state index contributed by atoms with van der Waals surface area (Å²) in [6.45, 7) is 0.829. The molecule has 1 fully saturated rings. The number of hydrogen-bond donors (Lipinski definition) is 1. The first-order chi connectivity index (χ1) is 15.9. The molecule has 10 nitrogen and oxygen atoms in total. The zero-order valence-electron chi connectivity index (χ0n) is 17.5. The van der Waals surface area contributed by atoms with Gasteiger partial charge in [-0.05, 0) is 36.4 Å². The van der Waals surface area contributed by atoms with Gasteiger partial charge in [-0.25, -0.2) is 18.2 Å². The molecule has 4 rings (SSSR count). The van der Waals surface area contributed by atoms with Crippen molar-refractivity contribution in [1.29, 1.82) is 0 Å². The lowest BCUT2D eigenvalue weighted by atomic mass is 10.1. The molecule has 0 unspecified atom stereocenters. The summed E-state index contributed by atoms with van der Waals surface area (Å²) in [6, 6.07) is 12.3. The van der Waals surface area contributed by atoms with Crippen LogP contribution in [0.25, 0.3) is 11.3 Å². The van der Waals surface area contributed by atoms with Gasteiger partial charge in [0.25, 0.3) is 5.91 Å². The normalized spacial score (nSPS) is 14.5. The van der Waals surface area contributed by atoms with Crippen LogP contribution in [0.5, 0.6) is 0 Å². The SMILES string of the molecule is O=C(COC(=O)c1ccc(-c2cnco2)cc1)Nc1ccc(S(=O)(=O)N2CCOCC2)cc1. The van der Waals surface area contributed by atoms with Gasteiger partial charge in [0.15, 0.2) is 18.8 Å². The van der Waals surface area contributed by atoms with E-state index in [4.69, 9.17) is 13.9 Å². The van der Waals surface area contributed by atoms with Crippen molar-refractivity contribution in [2.24, 2.45) is 0 Å². The Hall–Kier alpha value is -3.54. The van der Waals surface area contributed by atoms with Gasteiger partial charge >= 0.3 is 5.97 Å². The predicted octanol–water partition coefficient (Wildman–Crippen LogP) is 2.16. The predicted molar refractivity (Wildman–Crippen MR) is 117 cm³/mol. The minimum atomic E-state index is -3.61. The maximum Gasteiger partial charge on any atom is 0.338 e. The van der Waals surface area contributed by atoms with Crippen LogP contribution in [0.2, 0.25) is 0 Å². The van der Waals surface area contributed by atoms with Crippen molar-refractivity contribution < 1.29 is 31.9 Å². The molecule has 0 bridgehead atoms. The Balaban J connectivity index is 1.29. The third-order valence-corrected chi connectivity index (χ3v) is 6.83. The van der Waals surface area contributed by atoms with Crippen LogP contribution in [-0.4, -0.2) is 62.5 Å². The highest BCUT2D eigenvalue weighted by Crippen LogP contribution is 2.20. The third kappa shape index (κ3) is 5.45. The Morgan fingerprint density at radius 1 is 1.03 bits per heavy atom. The van der Waals surface area contributed by atoms with Crippen molar-refractivity contribution in [3.8, 4) is 11.3 Å². The number of morpholine rings is 1. The van der Waals surface area contributed by atoms with Gasteiger partial charge in [-0.1, -0.05) is 12.1 Å². The molecule has 2 aromatic carbocycles. The maximum atomic E-state index is 12.6. The molecule has 0 saturated carbocycles. The summed E-state index contributed by atoms with van der Waals surface area (Å²) in [5.74, 6) is -0.635. The average Bonchev–Trinajstić information content (AvgIpc) is 3.39. The number of anilines is 1. The molecule has 1 aliphatic heterocycles. The zero-order chi connectivity index (χ0) is 23.3. The molecule has 2 heterocycles. The fraction of sp³-hybridized carbons (Fsp3) is 0.227. The first-order valence-electron chi connectivity index (χ1n) is 10.1. The fourth-order valence-electron chi connectivity index (χ4n) is 3.19. The smallest absolute Gasteiger partial charge is 0.338 e. The van der Waals surface area contributed by atoms with Crippen LogP contribution in [0.1, 0.15) is 10.4 Å². The molecule has 1 saturated heterocycles. The summed E-state index contributed by atoms with van der Waals surface area (Å²) < 4.78 is 42.1. The summed E-state index contributed by atoms with van der Waals surface area (Å²) in [5.41, 5.74) is 1.41.